The molecule has 2 aliphatic rings. The van der Waals surface area contributed by atoms with Gasteiger partial charge in [0.15, 0.2) is 11.5 Å². The number of aromatic hydroxyl groups is 1. The van der Waals surface area contributed by atoms with Crippen LogP contribution in [0.4, 0.5) is 0 Å². The molecule has 3 atom stereocenters. The minimum absolute atomic E-state index is 0.0516. The number of hydrogen-bond acceptors (Lipinski definition) is 12. The van der Waals surface area contributed by atoms with Gasteiger partial charge in [0.2, 0.25) is 0 Å². The standard InChI is InChI=1S/C17H20N4O6.C8H12N2O2/c1-7-3-9-10(4-8(7)2)21(5-11(23)14(25)12(24)6-22)15-13(18-9)16(26)20-17(27)19-15;1-5-8(12)7(2-9)6(4-11)3-10-5/h3-4,11-12,14,22-25H,5-6H2,1-2H3,(H,20,26,27);3,11-12H,2,4,9H2,1H3/t11-,12+,14-;/m0./s1. The number of hydrogen-bond donors (Lipinski definition) is 8. The quantitative estimate of drug-likeness (QED) is 0.122. The first-order valence-electron chi connectivity index (χ1n) is 12.0. The maximum atomic E-state index is 12.2. The highest BCUT2D eigenvalue weighted by Crippen LogP contribution is 2.25. The zero-order chi connectivity index (χ0) is 29.0. The van der Waals surface area contributed by atoms with Crippen molar-refractivity contribution in [2.24, 2.45) is 5.73 Å². The molecule has 0 bridgehead atoms. The number of rotatable bonds is 7. The van der Waals surface area contributed by atoms with E-state index in [2.05, 4.69) is 19.9 Å². The Bertz CT molecular complexity index is 1550. The lowest BCUT2D eigenvalue weighted by Gasteiger charge is -2.25. The van der Waals surface area contributed by atoms with Gasteiger partial charge in [-0.05, 0) is 44.0 Å². The van der Waals surface area contributed by atoms with E-state index in [1.165, 1.54) is 10.8 Å². The normalized spacial score (nSPS) is 13.7. The molecule has 2 aromatic rings. The number of aliphatic hydroxyl groups is 5. The Morgan fingerprint density at radius 2 is 1.69 bits per heavy atom. The van der Waals surface area contributed by atoms with Crippen molar-refractivity contribution < 1.29 is 30.6 Å². The van der Waals surface area contributed by atoms with Crippen LogP contribution in [0.2, 0.25) is 0 Å². The highest BCUT2D eigenvalue weighted by Gasteiger charge is 2.27. The molecule has 2 aliphatic heterocycles. The van der Waals surface area contributed by atoms with Crippen LogP contribution in [0.15, 0.2) is 27.9 Å². The van der Waals surface area contributed by atoms with E-state index >= 15 is 0 Å². The molecular formula is C25H32N6O8. The van der Waals surface area contributed by atoms with Crippen LogP contribution in [0.1, 0.15) is 27.9 Å². The molecule has 14 nitrogen and oxygen atoms in total. The molecule has 0 fully saturated rings. The van der Waals surface area contributed by atoms with Gasteiger partial charge in [-0.25, -0.2) is 9.78 Å². The van der Waals surface area contributed by atoms with E-state index < -0.39 is 36.2 Å². The van der Waals surface area contributed by atoms with Crippen LogP contribution in [0.3, 0.4) is 0 Å². The summed E-state index contributed by atoms with van der Waals surface area (Å²) in [7, 11) is 0. The molecular weight excluding hydrogens is 512 g/mol. The lowest BCUT2D eigenvalue weighted by Crippen LogP contribution is -2.42. The van der Waals surface area contributed by atoms with E-state index in [4.69, 9.17) is 15.9 Å². The topological polar surface area (TPSA) is 241 Å². The number of nitrogens with zero attached hydrogens (tertiary/aromatic N) is 4. The first kappa shape index (κ1) is 29.8. The number of aliphatic hydroxyl groups excluding tert-OH is 5. The molecule has 0 aliphatic carbocycles. The van der Waals surface area contributed by atoms with Crippen molar-refractivity contribution in [3.05, 3.63) is 67.1 Å². The van der Waals surface area contributed by atoms with Gasteiger partial charge >= 0.3 is 5.69 Å². The second-order valence-corrected chi connectivity index (χ2v) is 9.06. The Balaban J connectivity index is 0.000000293. The van der Waals surface area contributed by atoms with Crippen molar-refractivity contribution >= 4 is 11.0 Å². The summed E-state index contributed by atoms with van der Waals surface area (Å²) >= 11 is 0. The summed E-state index contributed by atoms with van der Waals surface area (Å²) in [5.41, 5.74) is 8.20. The van der Waals surface area contributed by atoms with Crippen molar-refractivity contribution in [2.45, 2.75) is 58.8 Å². The molecule has 0 saturated carbocycles. The molecule has 3 heterocycles. The SMILES string of the molecule is Cc1cc2nc3c(=O)[nH]c(=O)nc-3n(C[C@H](O)[C@H](O)[C@H](O)CO)c2cc1C.Cc1ncc(CO)c(CN)c1O. The van der Waals surface area contributed by atoms with E-state index in [1.54, 1.807) is 19.1 Å². The van der Waals surface area contributed by atoms with Gasteiger partial charge in [0, 0.05) is 23.9 Å². The summed E-state index contributed by atoms with van der Waals surface area (Å²) in [6, 6.07) is 3.53. The van der Waals surface area contributed by atoms with Crippen molar-refractivity contribution in [3.8, 4) is 17.3 Å². The Morgan fingerprint density at radius 3 is 2.31 bits per heavy atom. The minimum Gasteiger partial charge on any atom is -0.506 e. The first-order chi connectivity index (χ1) is 18.4. The highest BCUT2D eigenvalue weighted by molar-refractivity contribution is 5.81. The molecule has 0 radical (unpaired) electrons. The summed E-state index contributed by atoms with van der Waals surface area (Å²) in [6.07, 6.45) is -3.16. The van der Waals surface area contributed by atoms with Gasteiger partial charge < -0.3 is 40.9 Å². The maximum absolute atomic E-state index is 12.2. The molecule has 1 aromatic heterocycles. The van der Waals surface area contributed by atoms with Crippen molar-refractivity contribution in [3.63, 3.8) is 0 Å². The molecule has 0 spiro atoms. The van der Waals surface area contributed by atoms with Gasteiger partial charge in [0.25, 0.3) is 5.56 Å². The van der Waals surface area contributed by atoms with E-state index in [-0.39, 0.29) is 37.0 Å². The summed E-state index contributed by atoms with van der Waals surface area (Å²) in [5, 5.41) is 57.1. The number of aromatic amines is 1. The summed E-state index contributed by atoms with van der Waals surface area (Å²) in [5.74, 6) is 0.0355. The van der Waals surface area contributed by atoms with E-state index in [0.29, 0.717) is 27.9 Å². The number of nitrogens with two attached hydrogens (primary N) is 1. The molecule has 4 rings (SSSR count). The smallest absolute Gasteiger partial charge is 0.349 e. The third-order valence-electron chi connectivity index (χ3n) is 6.37. The summed E-state index contributed by atoms with van der Waals surface area (Å²) in [4.78, 5) is 37.9. The molecule has 9 N–H and O–H groups in total. The molecule has 210 valence electrons. The largest absolute Gasteiger partial charge is 0.506 e. The predicted octanol–water partition coefficient (Wildman–Crippen LogP) is -1.68. The van der Waals surface area contributed by atoms with Gasteiger partial charge in [-0.1, -0.05) is 0 Å². The second kappa shape index (κ2) is 12.4. The second-order valence-electron chi connectivity index (χ2n) is 9.06. The number of fused-ring (bicyclic) bond motifs is 2. The Kier molecular flexibility index (Phi) is 9.45. The van der Waals surface area contributed by atoms with Crippen LogP contribution in [0, 0.1) is 20.8 Å². The van der Waals surface area contributed by atoms with Crippen molar-refractivity contribution in [1.29, 1.82) is 0 Å². The first-order valence-corrected chi connectivity index (χ1v) is 12.0. The number of nitrogens with one attached hydrogen (secondary N) is 1. The van der Waals surface area contributed by atoms with Gasteiger partial charge in [0.1, 0.15) is 24.1 Å². The Hall–Kier alpha value is -3.79. The highest BCUT2D eigenvalue weighted by atomic mass is 16.4. The van der Waals surface area contributed by atoms with E-state index in [0.717, 1.165) is 11.1 Å². The lowest BCUT2D eigenvalue weighted by atomic mass is 10.1. The van der Waals surface area contributed by atoms with Crippen LogP contribution >= 0.6 is 0 Å². The number of pyridine rings is 1. The number of benzene rings is 1. The zero-order valence-electron chi connectivity index (χ0n) is 21.7. The molecule has 0 amide bonds. The van der Waals surface area contributed by atoms with Gasteiger partial charge in [0.05, 0.1) is 36.5 Å². The average Bonchev–Trinajstić information content (AvgIpc) is 2.91. The van der Waals surface area contributed by atoms with Crippen LogP contribution < -0.4 is 17.0 Å². The monoisotopic (exact) mass is 544 g/mol. The summed E-state index contributed by atoms with van der Waals surface area (Å²) < 4.78 is 1.40. The Morgan fingerprint density at radius 1 is 1.03 bits per heavy atom. The minimum atomic E-state index is -1.64. The summed E-state index contributed by atoms with van der Waals surface area (Å²) in [6.45, 7) is 4.49. The molecule has 39 heavy (non-hydrogen) atoms. The number of H-pyrrole nitrogens is 1. The number of aromatic nitrogens is 5. The fraction of sp³-hybridized carbons (Fsp3) is 0.400. The molecule has 0 unspecified atom stereocenters. The van der Waals surface area contributed by atoms with E-state index in [9.17, 15) is 30.0 Å². The Labute approximate surface area is 222 Å². The third kappa shape index (κ3) is 6.27. The number of aryl methyl sites for hydroxylation is 3. The van der Waals surface area contributed by atoms with Crippen LogP contribution in [-0.4, -0.2) is 80.1 Å². The van der Waals surface area contributed by atoms with Crippen LogP contribution in [-0.2, 0) is 19.7 Å². The molecule has 14 heteroatoms. The fourth-order valence-corrected chi connectivity index (χ4v) is 3.94. The van der Waals surface area contributed by atoms with Crippen molar-refractivity contribution in [2.75, 3.05) is 6.61 Å². The van der Waals surface area contributed by atoms with Crippen LogP contribution in [0.5, 0.6) is 5.75 Å². The van der Waals surface area contributed by atoms with Gasteiger partial charge in [-0.15, -0.1) is 0 Å². The van der Waals surface area contributed by atoms with Gasteiger partial charge in [-0.2, -0.15) is 4.98 Å². The molecule has 0 saturated heterocycles. The van der Waals surface area contributed by atoms with Crippen molar-refractivity contribution in [1.82, 2.24) is 24.5 Å². The zero-order valence-corrected chi connectivity index (χ0v) is 21.7. The van der Waals surface area contributed by atoms with E-state index in [1.807, 2.05) is 13.8 Å². The predicted molar refractivity (Wildman–Crippen MR) is 140 cm³/mol. The van der Waals surface area contributed by atoms with Crippen LogP contribution in [0.25, 0.3) is 22.6 Å². The fourth-order valence-electron chi connectivity index (χ4n) is 3.94. The lowest BCUT2D eigenvalue weighted by molar-refractivity contribution is -0.0802. The third-order valence-corrected chi connectivity index (χ3v) is 6.37. The maximum Gasteiger partial charge on any atom is 0.349 e. The average molecular weight is 545 g/mol. The molecule has 1 aromatic carbocycles. The van der Waals surface area contributed by atoms with Gasteiger partial charge in [-0.3, -0.25) is 14.8 Å².